The van der Waals surface area contributed by atoms with Gasteiger partial charge in [0, 0.05) is 0 Å². The van der Waals surface area contributed by atoms with Crippen LogP contribution >= 0.6 is 11.3 Å². The first-order valence-electron chi connectivity index (χ1n) is 5.78. The van der Waals surface area contributed by atoms with Crippen molar-refractivity contribution in [3.05, 3.63) is 28.3 Å². The molecule has 86 valence electrons. The molecule has 2 rings (SSSR count). The first-order valence-corrected chi connectivity index (χ1v) is 6.59. The van der Waals surface area contributed by atoms with Crippen LogP contribution in [0.25, 0.3) is 10.2 Å². The third kappa shape index (κ3) is 2.42. The van der Waals surface area contributed by atoms with Crippen LogP contribution in [0.2, 0.25) is 0 Å². The van der Waals surface area contributed by atoms with E-state index in [1.165, 1.54) is 15.8 Å². The number of aryl methyl sites for hydroxylation is 2. The lowest BCUT2D eigenvalue weighted by molar-refractivity contribution is 0.715. The molecule has 1 heterocycles. The zero-order chi connectivity index (χ0) is 11.5. The molecule has 0 fully saturated rings. The van der Waals surface area contributed by atoms with Crippen molar-refractivity contribution in [2.24, 2.45) is 0 Å². The number of likely N-dealkylation sites (N-methyl/N-ethyl adjacent to an activating group) is 1. The summed E-state index contributed by atoms with van der Waals surface area (Å²) < 4.78 is 1.31. The smallest absolute Gasteiger partial charge is 0.0907 e. The molecular weight excluding hydrogens is 216 g/mol. The van der Waals surface area contributed by atoms with Gasteiger partial charge in [-0.25, -0.2) is 4.98 Å². The monoisotopic (exact) mass is 234 g/mol. The Morgan fingerprint density at radius 2 is 2.12 bits per heavy atom. The van der Waals surface area contributed by atoms with Crippen LogP contribution in [0.1, 0.15) is 23.1 Å². The molecule has 0 saturated carbocycles. The second-order valence-corrected chi connectivity index (χ2v) is 5.32. The van der Waals surface area contributed by atoms with Crippen LogP contribution in [0.3, 0.4) is 0 Å². The van der Waals surface area contributed by atoms with E-state index in [0.29, 0.717) is 0 Å². The Labute approximate surface area is 101 Å². The number of benzene rings is 1. The summed E-state index contributed by atoms with van der Waals surface area (Å²) in [5, 5.41) is 4.51. The van der Waals surface area contributed by atoms with Crippen molar-refractivity contribution < 1.29 is 0 Å². The molecule has 0 aliphatic carbocycles. The van der Waals surface area contributed by atoms with Crippen molar-refractivity contribution in [3.8, 4) is 0 Å². The highest BCUT2D eigenvalue weighted by Gasteiger charge is 2.05. The number of hydrogen-bond donors (Lipinski definition) is 1. The Morgan fingerprint density at radius 1 is 1.31 bits per heavy atom. The van der Waals surface area contributed by atoms with Crippen molar-refractivity contribution in [2.45, 2.75) is 27.2 Å². The quantitative estimate of drug-likeness (QED) is 0.822. The summed E-state index contributed by atoms with van der Waals surface area (Å²) >= 11 is 1.78. The van der Waals surface area contributed by atoms with Gasteiger partial charge in [0.05, 0.1) is 15.2 Å². The molecule has 0 aliphatic rings. The van der Waals surface area contributed by atoms with Crippen molar-refractivity contribution in [3.63, 3.8) is 0 Å². The summed E-state index contributed by atoms with van der Waals surface area (Å²) in [5.41, 5.74) is 3.95. The average molecular weight is 234 g/mol. The Balaban J connectivity index is 2.27. The predicted octanol–water partition coefficient (Wildman–Crippen LogP) is 3.07. The van der Waals surface area contributed by atoms with E-state index >= 15 is 0 Å². The van der Waals surface area contributed by atoms with Gasteiger partial charge in [-0.1, -0.05) is 6.92 Å². The number of nitrogens with one attached hydrogen (secondary N) is 1. The molecule has 2 aromatic rings. The summed E-state index contributed by atoms with van der Waals surface area (Å²) in [4.78, 5) is 4.54. The van der Waals surface area contributed by atoms with Gasteiger partial charge < -0.3 is 5.32 Å². The van der Waals surface area contributed by atoms with Crippen molar-refractivity contribution >= 4 is 21.6 Å². The lowest BCUT2D eigenvalue weighted by Gasteiger charge is -2.06. The van der Waals surface area contributed by atoms with Crippen LogP contribution in [0.4, 0.5) is 0 Å². The zero-order valence-corrected chi connectivity index (χ0v) is 10.9. The molecule has 3 heteroatoms. The molecule has 0 atom stereocenters. The molecule has 1 N–H and O–H groups in total. The fraction of sp³-hybridized carbons (Fsp3) is 0.462. The lowest BCUT2D eigenvalue weighted by atomic mass is 10.1. The van der Waals surface area contributed by atoms with E-state index in [0.717, 1.165) is 30.0 Å². The van der Waals surface area contributed by atoms with Crippen LogP contribution < -0.4 is 5.32 Å². The normalized spacial score (nSPS) is 11.2. The molecule has 1 aromatic heterocycles. The SMILES string of the molecule is CCNCCc1cc2nc(C)sc2cc1C. The second-order valence-electron chi connectivity index (χ2n) is 4.08. The number of hydrogen-bond acceptors (Lipinski definition) is 3. The maximum absolute atomic E-state index is 4.54. The third-order valence-electron chi connectivity index (χ3n) is 2.77. The Bertz CT molecular complexity index is 488. The molecule has 0 amide bonds. The molecule has 1 aromatic carbocycles. The van der Waals surface area contributed by atoms with Gasteiger partial charge in [-0.2, -0.15) is 0 Å². The number of fused-ring (bicyclic) bond motifs is 1. The standard InChI is InChI=1S/C13H18N2S/c1-4-14-6-5-11-8-12-13(7-9(11)2)16-10(3)15-12/h7-8,14H,4-6H2,1-3H3. The van der Waals surface area contributed by atoms with Gasteiger partial charge in [0.15, 0.2) is 0 Å². The van der Waals surface area contributed by atoms with E-state index < -0.39 is 0 Å². The maximum Gasteiger partial charge on any atom is 0.0907 e. The molecular formula is C13H18N2S. The fourth-order valence-corrected chi connectivity index (χ4v) is 2.81. The largest absolute Gasteiger partial charge is 0.317 e. The molecule has 0 aliphatic heterocycles. The molecule has 0 spiro atoms. The van der Waals surface area contributed by atoms with E-state index in [2.05, 4.69) is 43.2 Å². The minimum absolute atomic E-state index is 1.04. The van der Waals surface area contributed by atoms with Crippen LogP contribution in [0.5, 0.6) is 0 Å². The molecule has 0 radical (unpaired) electrons. The first-order chi connectivity index (χ1) is 7.70. The summed E-state index contributed by atoms with van der Waals surface area (Å²) in [5.74, 6) is 0. The van der Waals surface area contributed by atoms with E-state index in [1.54, 1.807) is 11.3 Å². The van der Waals surface area contributed by atoms with E-state index in [1.807, 2.05) is 0 Å². The van der Waals surface area contributed by atoms with Gasteiger partial charge in [-0.3, -0.25) is 0 Å². The van der Waals surface area contributed by atoms with Gasteiger partial charge in [-0.15, -0.1) is 11.3 Å². The fourth-order valence-electron chi connectivity index (χ4n) is 1.90. The molecule has 0 bridgehead atoms. The predicted molar refractivity (Wildman–Crippen MR) is 71.3 cm³/mol. The Morgan fingerprint density at radius 3 is 2.88 bits per heavy atom. The van der Waals surface area contributed by atoms with Crippen molar-refractivity contribution in [1.82, 2.24) is 10.3 Å². The maximum atomic E-state index is 4.54. The average Bonchev–Trinajstić information content (AvgIpc) is 2.58. The van der Waals surface area contributed by atoms with Gasteiger partial charge in [0.25, 0.3) is 0 Å². The number of aromatic nitrogens is 1. The highest BCUT2D eigenvalue weighted by atomic mass is 32.1. The Kier molecular flexibility index (Phi) is 3.56. The van der Waals surface area contributed by atoms with Crippen LogP contribution in [0, 0.1) is 13.8 Å². The van der Waals surface area contributed by atoms with Crippen LogP contribution in [-0.4, -0.2) is 18.1 Å². The highest BCUT2D eigenvalue weighted by molar-refractivity contribution is 7.18. The molecule has 0 unspecified atom stereocenters. The van der Waals surface area contributed by atoms with E-state index in [4.69, 9.17) is 0 Å². The zero-order valence-electron chi connectivity index (χ0n) is 10.1. The summed E-state index contributed by atoms with van der Waals surface area (Å²) in [6, 6.07) is 4.51. The number of thiazole rings is 1. The first kappa shape index (κ1) is 11.6. The van der Waals surface area contributed by atoms with Crippen LogP contribution in [-0.2, 0) is 6.42 Å². The lowest BCUT2D eigenvalue weighted by Crippen LogP contribution is -2.16. The Hall–Kier alpha value is -0.930. The topological polar surface area (TPSA) is 24.9 Å². The molecule has 2 nitrogen and oxygen atoms in total. The van der Waals surface area contributed by atoms with Gasteiger partial charge in [-0.05, 0) is 56.6 Å². The van der Waals surface area contributed by atoms with Gasteiger partial charge in [0.1, 0.15) is 0 Å². The van der Waals surface area contributed by atoms with E-state index in [-0.39, 0.29) is 0 Å². The van der Waals surface area contributed by atoms with E-state index in [9.17, 15) is 0 Å². The summed E-state index contributed by atoms with van der Waals surface area (Å²) in [7, 11) is 0. The van der Waals surface area contributed by atoms with Gasteiger partial charge in [0.2, 0.25) is 0 Å². The van der Waals surface area contributed by atoms with Crippen molar-refractivity contribution in [1.29, 1.82) is 0 Å². The van der Waals surface area contributed by atoms with Crippen molar-refractivity contribution in [2.75, 3.05) is 13.1 Å². The molecule has 0 saturated heterocycles. The number of rotatable bonds is 4. The second kappa shape index (κ2) is 4.93. The highest BCUT2D eigenvalue weighted by Crippen LogP contribution is 2.25. The summed E-state index contributed by atoms with van der Waals surface area (Å²) in [6.45, 7) is 8.48. The minimum atomic E-state index is 1.04. The minimum Gasteiger partial charge on any atom is -0.317 e. The van der Waals surface area contributed by atoms with Gasteiger partial charge >= 0.3 is 0 Å². The number of nitrogens with zero attached hydrogens (tertiary/aromatic N) is 1. The summed E-state index contributed by atoms with van der Waals surface area (Å²) in [6.07, 6.45) is 1.09. The third-order valence-corrected chi connectivity index (χ3v) is 3.71. The van der Waals surface area contributed by atoms with Crippen LogP contribution in [0.15, 0.2) is 12.1 Å². The molecule has 16 heavy (non-hydrogen) atoms.